The summed E-state index contributed by atoms with van der Waals surface area (Å²) in [6, 6.07) is 11.2. The van der Waals surface area contributed by atoms with E-state index in [1.165, 1.54) is 35.6 Å². The molecule has 0 radical (unpaired) electrons. The topological polar surface area (TPSA) is 115 Å². The Morgan fingerprint density at radius 3 is 2.31 bits per heavy atom. The Hall–Kier alpha value is -3.52. The molecule has 1 aromatic heterocycles. The molecule has 0 aliphatic rings. The summed E-state index contributed by atoms with van der Waals surface area (Å²) in [7, 11) is 0. The van der Waals surface area contributed by atoms with Crippen molar-refractivity contribution in [1.29, 1.82) is 0 Å². The second-order valence-corrected chi connectivity index (χ2v) is 7.90. The molecule has 0 fully saturated rings. The maximum atomic E-state index is 12.6. The largest absolute Gasteiger partial charge is 0.365 e. The molecule has 0 spiro atoms. The van der Waals surface area contributed by atoms with Crippen LogP contribution in [-0.4, -0.2) is 16.7 Å². The molecule has 7 nitrogen and oxygen atoms in total. The lowest BCUT2D eigenvalue weighted by Gasteiger charge is -2.10. The summed E-state index contributed by atoms with van der Waals surface area (Å²) in [6.07, 6.45) is 0. The second-order valence-electron chi connectivity index (χ2n) is 6.68. The third kappa shape index (κ3) is 4.02. The first-order chi connectivity index (χ1) is 13.7. The smallest absolute Gasteiger partial charge is 0.269 e. The van der Waals surface area contributed by atoms with Gasteiger partial charge >= 0.3 is 0 Å². The summed E-state index contributed by atoms with van der Waals surface area (Å²) >= 11 is 1.27. The van der Waals surface area contributed by atoms with Crippen LogP contribution in [-0.2, 0) is 0 Å². The van der Waals surface area contributed by atoms with Gasteiger partial charge in [0, 0.05) is 28.1 Å². The molecular formula is C21H19N3O4S. The number of nitrogens with two attached hydrogens (primary N) is 1. The van der Waals surface area contributed by atoms with Crippen molar-refractivity contribution in [3.63, 3.8) is 0 Å². The van der Waals surface area contributed by atoms with Crippen LogP contribution in [0.4, 0.5) is 10.7 Å². The van der Waals surface area contributed by atoms with Gasteiger partial charge in [0.1, 0.15) is 5.00 Å². The minimum Gasteiger partial charge on any atom is -0.365 e. The minimum absolute atomic E-state index is 0.108. The number of non-ortho nitro benzene ring substituents is 1. The van der Waals surface area contributed by atoms with Gasteiger partial charge < -0.3 is 11.1 Å². The van der Waals surface area contributed by atoms with Gasteiger partial charge in [0.25, 0.3) is 17.5 Å². The minimum atomic E-state index is -0.635. The van der Waals surface area contributed by atoms with Gasteiger partial charge in [0.05, 0.1) is 10.5 Å². The lowest BCUT2D eigenvalue weighted by Crippen LogP contribution is -2.17. The summed E-state index contributed by atoms with van der Waals surface area (Å²) < 4.78 is 0. The highest BCUT2D eigenvalue weighted by Gasteiger charge is 2.24. The van der Waals surface area contributed by atoms with Gasteiger partial charge in [0.15, 0.2) is 0 Å². The summed E-state index contributed by atoms with van der Waals surface area (Å²) in [4.78, 5) is 36.0. The third-order valence-corrected chi connectivity index (χ3v) is 5.58. The number of carbonyl (C=O) groups is 2. The van der Waals surface area contributed by atoms with Gasteiger partial charge in [-0.3, -0.25) is 19.7 Å². The summed E-state index contributed by atoms with van der Waals surface area (Å²) in [6.45, 7) is 5.79. The highest BCUT2D eigenvalue weighted by atomic mass is 32.1. The molecule has 0 unspecified atom stereocenters. The first kappa shape index (κ1) is 20.2. The number of nitro benzene ring substituents is 1. The number of rotatable bonds is 5. The molecule has 2 amide bonds. The number of carbonyl (C=O) groups excluding carboxylic acids is 2. The Bertz CT molecular complexity index is 1130. The van der Waals surface area contributed by atoms with Crippen LogP contribution in [0, 0.1) is 30.9 Å². The van der Waals surface area contributed by atoms with Crippen LogP contribution < -0.4 is 11.1 Å². The zero-order chi connectivity index (χ0) is 21.3. The van der Waals surface area contributed by atoms with Crippen LogP contribution in [0.15, 0.2) is 42.5 Å². The average Bonchev–Trinajstić information content (AvgIpc) is 2.99. The average molecular weight is 409 g/mol. The van der Waals surface area contributed by atoms with Gasteiger partial charge in [-0.25, -0.2) is 0 Å². The number of primary amides is 1. The molecule has 29 heavy (non-hydrogen) atoms. The molecule has 1 heterocycles. The van der Waals surface area contributed by atoms with E-state index in [0.717, 1.165) is 21.6 Å². The molecule has 0 bridgehead atoms. The second kappa shape index (κ2) is 7.84. The highest BCUT2D eigenvalue weighted by molar-refractivity contribution is 7.17. The van der Waals surface area contributed by atoms with Crippen molar-refractivity contribution in [3.05, 3.63) is 79.7 Å². The van der Waals surface area contributed by atoms with Crippen molar-refractivity contribution in [2.24, 2.45) is 5.73 Å². The predicted octanol–water partition coefficient (Wildman–Crippen LogP) is 4.60. The van der Waals surface area contributed by atoms with Crippen molar-refractivity contribution in [3.8, 4) is 11.1 Å². The number of nitro groups is 1. The number of hydrogen-bond donors (Lipinski definition) is 2. The lowest BCUT2D eigenvalue weighted by molar-refractivity contribution is -0.384. The fourth-order valence-corrected chi connectivity index (χ4v) is 4.18. The maximum absolute atomic E-state index is 12.6. The van der Waals surface area contributed by atoms with E-state index >= 15 is 0 Å². The zero-order valence-corrected chi connectivity index (χ0v) is 16.9. The molecule has 3 rings (SSSR count). The van der Waals surface area contributed by atoms with Crippen LogP contribution in [0.25, 0.3) is 11.1 Å². The van der Waals surface area contributed by atoms with Crippen LogP contribution in [0.1, 0.15) is 36.7 Å². The van der Waals surface area contributed by atoms with Crippen LogP contribution in [0.3, 0.4) is 0 Å². The number of nitrogens with zero attached hydrogens (tertiary/aromatic N) is 1. The van der Waals surface area contributed by atoms with Crippen molar-refractivity contribution in [2.45, 2.75) is 20.8 Å². The molecule has 3 aromatic rings. The van der Waals surface area contributed by atoms with Gasteiger partial charge in [0.2, 0.25) is 0 Å². The Balaban J connectivity index is 2.02. The standard InChI is InChI=1S/C21H19N3O4S/c1-11-4-5-12(2)16(10-11)17-13(3)29-21(18(17)19(22)25)23-20(26)14-6-8-15(9-7-14)24(27)28/h4-10H,1-3H3,(H2,22,25)(H,23,26). The van der Waals surface area contributed by atoms with Crippen molar-refractivity contribution >= 4 is 33.8 Å². The van der Waals surface area contributed by atoms with Crippen molar-refractivity contribution in [1.82, 2.24) is 0 Å². The predicted molar refractivity (Wildman–Crippen MR) is 114 cm³/mol. The summed E-state index contributed by atoms with van der Waals surface area (Å²) in [5, 5.41) is 13.9. The van der Waals surface area contributed by atoms with Crippen LogP contribution in [0.5, 0.6) is 0 Å². The van der Waals surface area contributed by atoms with Crippen LogP contribution >= 0.6 is 11.3 Å². The number of aryl methyl sites for hydroxylation is 3. The highest BCUT2D eigenvalue weighted by Crippen LogP contribution is 2.41. The molecule has 0 atom stereocenters. The molecule has 0 aliphatic carbocycles. The van der Waals surface area contributed by atoms with E-state index in [1.807, 2.05) is 39.0 Å². The Labute approximate surface area is 171 Å². The van der Waals surface area contributed by atoms with Gasteiger partial charge in [-0.05, 0) is 44.0 Å². The number of nitrogens with one attached hydrogen (secondary N) is 1. The maximum Gasteiger partial charge on any atom is 0.269 e. The number of thiophene rings is 1. The summed E-state index contributed by atoms with van der Waals surface area (Å²) in [5.74, 6) is -1.11. The first-order valence-electron chi connectivity index (χ1n) is 8.75. The Morgan fingerprint density at radius 1 is 1.07 bits per heavy atom. The number of benzene rings is 2. The number of hydrogen-bond acceptors (Lipinski definition) is 5. The molecule has 0 aliphatic heterocycles. The third-order valence-electron chi connectivity index (χ3n) is 4.56. The SMILES string of the molecule is Cc1ccc(C)c(-c2c(C)sc(NC(=O)c3ccc([N+](=O)[O-])cc3)c2C(N)=O)c1. The van der Waals surface area contributed by atoms with E-state index in [2.05, 4.69) is 5.32 Å². The normalized spacial score (nSPS) is 10.6. The number of amides is 2. The first-order valence-corrected chi connectivity index (χ1v) is 9.57. The monoisotopic (exact) mass is 409 g/mol. The molecule has 0 saturated heterocycles. The molecule has 148 valence electrons. The van der Waals surface area contributed by atoms with E-state index in [4.69, 9.17) is 5.73 Å². The van der Waals surface area contributed by atoms with E-state index in [9.17, 15) is 19.7 Å². The van der Waals surface area contributed by atoms with Crippen molar-refractivity contribution in [2.75, 3.05) is 5.32 Å². The van der Waals surface area contributed by atoms with E-state index in [0.29, 0.717) is 10.6 Å². The molecule has 3 N–H and O–H groups in total. The van der Waals surface area contributed by atoms with E-state index in [1.54, 1.807) is 0 Å². The van der Waals surface area contributed by atoms with E-state index < -0.39 is 16.7 Å². The van der Waals surface area contributed by atoms with Crippen molar-refractivity contribution < 1.29 is 14.5 Å². The molecule has 8 heteroatoms. The quantitative estimate of drug-likeness (QED) is 0.473. The van der Waals surface area contributed by atoms with Gasteiger partial charge in [-0.15, -0.1) is 11.3 Å². The van der Waals surface area contributed by atoms with E-state index in [-0.39, 0.29) is 16.8 Å². The number of anilines is 1. The lowest BCUT2D eigenvalue weighted by atomic mass is 9.95. The fourth-order valence-electron chi connectivity index (χ4n) is 3.11. The Kier molecular flexibility index (Phi) is 5.47. The summed E-state index contributed by atoms with van der Waals surface area (Å²) in [5.41, 5.74) is 9.70. The van der Waals surface area contributed by atoms with Crippen LogP contribution in [0.2, 0.25) is 0 Å². The van der Waals surface area contributed by atoms with Gasteiger partial charge in [-0.1, -0.05) is 23.8 Å². The van der Waals surface area contributed by atoms with Gasteiger partial charge in [-0.2, -0.15) is 0 Å². The Morgan fingerprint density at radius 2 is 1.72 bits per heavy atom. The fraction of sp³-hybridized carbons (Fsp3) is 0.143. The molecular weight excluding hydrogens is 390 g/mol. The zero-order valence-electron chi connectivity index (χ0n) is 16.1. The molecule has 2 aromatic carbocycles. The molecule has 0 saturated carbocycles.